The molecule has 0 fully saturated rings. The first-order valence-corrected chi connectivity index (χ1v) is 11.6. The van der Waals surface area contributed by atoms with Gasteiger partial charge in [0.05, 0.1) is 6.54 Å². The van der Waals surface area contributed by atoms with E-state index in [9.17, 15) is 18.0 Å². The van der Waals surface area contributed by atoms with Crippen molar-refractivity contribution in [2.75, 3.05) is 6.61 Å². The molecule has 0 unspecified atom stereocenters. The number of rotatable bonds is 8. The van der Waals surface area contributed by atoms with Gasteiger partial charge in [0, 0.05) is 4.88 Å². The summed E-state index contributed by atoms with van der Waals surface area (Å²) >= 11 is 1.50. The van der Waals surface area contributed by atoms with Crippen molar-refractivity contribution in [1.29, 1.82) is 0 Å². The van der Waals surface area contributed by atoms with E-state index in [-0.39, 0.29) is 16.2 Å². The summed E-state index contributed by atoms with van der Waals surface area (Å²) in [6, 6.07) is 14.5. The SMILES string of the molecule is Cc1ccc(C)c(S(=O)(=O)Oc2ccccc2C(=O)OCC(=O)NCc2cccs2)c1. The Hall–Kier alpha value is -3.17. The molecule has 0 spiro atoms. The van der Waals surface area contributed by atoms with Crippen molar-refractivity contribution in [2.45, 2.75) is 25.3 Å². The average molecular weight is 460 g/mol. The second-order valence-corrected chi connectivity index (χ2v) is 9.28. The minimum absolute atomic E-state index is 0.0172. The third-order valence-corrected chi connectivity index (χ3v) is 6.55. The molecule has 0 bridgehead atoms. The first-order chi connectivity index (χ1) is 14.8. The molecule has 1 N–H and O–H groups in total. The number of para-hydroxylation sites is 1. The van der Waals surface area contributed by atoms with Crippen LogP contribution in [0.2, 0.25) is 0 Å². The molecule has 7 nitrogen and oxygen atoms in total. The molecular formula is C22H21NO6S2. The largest absolute Gasteiger partial charge is 0.452 e. The van der Waals surface area contributed by atoms with Crippen molar-refractivity contribution in [3.8, 4) is 5.75 Å². The lowest BCUT2D eigenvalue weighted by atomic mass is 10.2. The number of carbonyl (C=O) groups is 2. The Morgan fingerprint density at radius 1 is 1.03 bits per heavy atom. The molecule has 0 radical (unpaired) electrons. The summed E-state index contributed by atoms with van der Waals surface area (Å²) in [4.78, 5) is 25.4. The lowest BCUT2D eigenvalue weighted by molar-refractivity contribution is -0.124. The van der Waals surface area contributed by atoms with Gasteiger partial charge in [-0.05, 0) is 54.6 Å². The second-order valence-electron chi connectivity index (χ2n) is 6.73. The summed E-state index contributed by atoms with van der Waals surface area (Å²) in [6.07, 6.45) is 0. The molecule has 0 atom stereocenters. The summed E-state index contributed by atoms with van der Waals surface area (Å²) < 4.78 is 35.8. The third kappa shape index (κ3) is 5.93. The Bertz CT molecular complexity index is 1190. The average Bonchev–Trinajstić information content (AvgIpc) is 3.26. The van der Waals surface area contributed by atoms with Gasteiger partial charge in [0.2, 0.25) is 0 Å². The fraction of sp³-hybridized carbons (Fsp3) is 0.182. The predicted molar refractivity (Wildman–Crippen MR) is 117 cm³/mol. The van der Waals surface area contributed by atoms with E-state index in [0.717, 1.165) is 10.4 Å². The number of thiophene rings is 1. The standard InChI is InChI=1S/C22H21NO6S2/c1-15-9-10-16(2)20(12-15)31(26,27)29-19-8-4-3-7-18(19)22(25)28-14-21(24)23-13-17-6-5-11-30-17/h3-12H,13-14H2,1-2H3,(H,23,24). The fourth-order valence-electron chi connectivity index (χ4n) is 2.71. The molecule has 3 aromatic rings. The van der Waals surface area contributed by atoms with Gasteiger partial charge in [0.15, 0.2) is 12.4 Å². The number of benzene rings is 2. The van der Waals surface area contributed by atoms with Crippen LogP contribution < -0.4 is 9.50 Å². The van der Waals surface area contributed by atoms with Gasteiger partial charge in [-0.15, -0.1) is 11.3 Å². The van der Waals surface area contributed by atoms with Crippen molar-refractivity contribution < 1.29 is 26.9 Å². The van der Waals surface area contributed by atoms with Gasteiger partial charge in [-0.1, -0.05) is 30.3 Å². The van der Waals surface area contributed by atoms with Crippen molar-refractivity contribution >= 4 is 33.3 Å². The zero-order valence-electron chi connectivity index (χ0n) is 17.0. The highest BCUT2D eigenvalue weighted by Gasteiger charge is 2.23. The van der Waals surface area contributed by atoms with E-state index in [1.54, 1.807) is 38.1 Å². The Labute approximate surface area is 184 Å². The van der Waals surface area contributed by atoms with Crippen LogP contribution in [-0.4, -0.2) is 26.9 Å². The van der Waals surface area contributed by atoms with Crippen LogP contribution in [0.15, 0.2) is 64.9 Å². The van der Waals surface area contributed by atoms with Crippen LogP contribution in [0, 0.1) is 13.8 Å². The van der Waals surface area contributed by atoms with Gasteiger partial charge < -0.3 is 14.2 Å². The normalized spacial score (nSPS) is 11.0. The Morgan fingerprint density at radius 2 is 1.81 bits per heavy atom. The molecule has 3 rings (SSSR count). The lowest BCUT2D eigenvalue weighted by Gasteiger charge is -2.13. The first kappa shape index (κ1) is 22.5. The van der Waals surface area contributed by atoms with Gasteiger partial charge in [-0.3, -0.25) is 4.79 Å². The van der Waals surface area contributed by atoms with E-state index in [2.05, 4.69) is 5.32 Å². The zero-order chi connectivity index (χ0) is 22.4. The maximum absolute atomic E-state index is 12.8. The highest BCUT2D eigenvalue weighted by molar-refractivity contribution is 7.87. The monoisotopic (exact) mass is 459 g/mol. The third-order valence-electron chi connectivity index (χ3n) is 4.29. The number of ether oxygens (including phenoxy) is 1. The van der Waals surface area contributed by atoms with E-state index in [4.69, 9.17) is 8.92 Å². The molecule has 0 aliphatic rings. The molecule has 1 amide bonds. The van der Waals surface area contributed by atoms with Crippen LogP contribution in [0.1, 0.15) is 26.4 Å². The minimum Gasteiger partial charge on any atom is -0.452 e. The van der Waals surface area contributed by atoms with Crippen molar-refractivity contribution in [3.63, 3.8) is 0 Å². The summed E-state index contributed by atoms with van der Waals surface area (Å²) in [5.74, 6) is -1.51. The van der Waals surface area contributed by atoms with E-state index in [0.29, 0.717) is 12.1 Å². The van der Waals surface area contributed by atoms with E-state index < -0.39 is 28.6 Å². The lowest BCUT2D eigenvalue weighted by Crippen LogP contribution is -2.28. The van der Waals surface area contributed by atoms with Crippen LogP contribution in [0.4, 0.5) is 0 Å². The zero-order valence-corrected chi connectivity index (χ0v) is 18.6. The van der Waals surface area contributed by atoms with E-state index >= 15 is 0 Å². The van der Waals surface area contributed by atoms with Crippen molar-refractivity contribution in [1.82, 2.24) is 5.32 Å². The second kappa shape index (κ2) is 9.76. The molecule has 162 valence electrons. The summed E-state index contributed by atoms with van der Waals surface area (Å²) in [5.41, 5.74) is 1.18. The molecule has 1 aromatic heterocycles. The first-order valence-electron chi connectivity index (χ1n) is 9.33. The molecule has 0 saturated heterocycles. The van der Waals surface area contributed by atoms with Gasteiger partial charge in [-0.25, -0.2) is 4.79 Å². The Balaban J connectivity index is 1.68. The van der Waals surface area contributed by atoms with E-state index in [1.807, 2.05) is 17.5 Å². The summed E-state index contributed by atoms with van der Waals surface area (Å²) in [7, 11) is -4.17. The molecule has 31 heavy (non-hydrogen) atoms. The highest BCUT2D eigenvalue weighted by atomic mass is 32.2. The van der Waals surface area contributed by atoms with Crippen molar-refractivity contribution in [2.24, 2.45) is 0 Å². The molecule has 9 heteroatoms. The van der Waals surface area contributed by atoms with Crippen LogP contribution in [0.5, 0.6) is 5.75 Å². The number of nitrogens with one attached hydrogen (secondary N) is 1. The van der Waals surface area contributed by atoms with Crippen molar-refractivity contribution in [3.05, 3.63) is 81.5 Å². The topological polar surface area (TPSA) is 98.8 Å². The maximum atomic E-state index is 12.8. The van der Waals surface area contributed by atoms with E-state index in [1.165, 1.54) is 29.5 Å². The fourth-order valence-corrected chi connectivity index (χ4v) is 4.62. The number of esters is 1. The van der Waals surface area contributed by atoms with Gasteiger partial charge >= 0.3 is 16.1 Å². The molecule has 2 aromatic carbocycles. The molecule has 1 heterocycles. The van der Waals surface area contributed by atoms with Crippen LogP contribution >= 0.6 is 11.3 Å². The smallest absolute Gasteiger partial charge is 0.342 e. The maximum Gasteiger partial charge on any atom is 0.342 e. The Kier molecular flexibility index (Phi) is 7.09. The van der Waals surface area contributed by atoms with Gasteiger partial charge in [0.25, 0.3) is 5.91 Å². The minimum atomic E-state index is -4.17. The number of carbonyl (C=O) groups excluding carboxylic acids is 2. The number of amides is 1. The molecule has 0 saturated carbocycles. The van der Waals surface area contributed by atoms with Crippen LogP contribution in [0.3, 0.4) is 0 Å². The molecule has 0 aliphatic carbocycles. The van der Waals surface area contributed by atoms with Gasteiger partial charge in [0.1, 0.15) is 10.5 Å². The Morgan fingerprint density at radius 3 is 2.55 bits per heavy atom. The van der Waals surface area contributed by atoms with Crippen LogP contribution in [0.25, 0.3) is 0 Å². The number of aryl methyl sites for hydroxylation is 2. The molecular weight excluding hydrogens is 438 g/mol. The number of hydrogen-bond acceptors (Lipinski definition) is 7. The number of hydrogen-bond donors (Lipinski definition) is 1. The quantitative estimate of drug-likeness (QED) is 0.408. The van der Waals surface area contributed by atoms with Crippen LogP contribution in [-0.2, 0) is 26.2 Å². The highest BCUT2D eigenvalue weighted by Crippen LogP contribution is 2.26. The summed E-state index contributed by atoms with van der Waals surface area (Å²) in [5, 5.41) is 4.54. The van der Waals surface area contributed by atoms with Gasteiger partial charge in [-0.2, -0.15) is 8.42 Å². The summed E-state index contributed by atoms with van der Waals surface area (Å²) in [6.45, 7) is 3.27. The predicted octanol–water partition coefficient (Wildman–Crippen LogP) is 3.61. The molecule has 0 aliphatic heterocycles.